The van der Waals surface area contributed by atoms with E-state index in [1.807, 2.05) is 0 Å². The summed E-state index contributed by atoms with van der Waals surface area (Å²) in [5.41, 5.74) is -0.512. The highest BCUT2D eigenvalue weighted by Gasteiger charge is 2.64. The van der Waals surface area contributed by atoms with Crippen LogP contribution in [0.2, 0.25) is 0 Å². The summed E-state index contributed by atoms with van der Waals surface area (Å²) in [6, 6.07) is 1.73. The van der Waals surface area contributed by atoms with Gasteiger partial charge in [-0.3, -0.25) is 14.5 Å². The Morgan fingerprint density at radius 2 is 1.70 bits per heavy atom. The van der Waals surface area contributed by atoms with E-state index in [9.17, 15) is 34.8 Å². The SMILES string of the molecule is N#Cc1ccc(N2C[C@H](C(F)(F)F)[C@@H](C(F)(F)F)C2CS(=O)(=O)O)c2nccnc12. The highest BCUT2D eigenvalue weighted by Crippen LogP contribution is 2.50. The lowest BCUT2D eigenvalue weighted by Crippen LogP contribution is -2.45. The van der Waals surface area contributed by atoms with Crippen molar-refractivity contribution in [1.82, 2.24) is 9.97 Å². The topological polar surface area (TPSA) is 107 Å². The van der Waals surface area contributed by atoms with E-state index in [0.29, 0.717) is 4.90 Å². The molecule has 0 bridgehead atoms. The van der Waals surface area contributed by atoms with Crippen LogP contribution in [0.3, 0.4) is 0 Å². The maximum atomic E-state index is 13.6. The number of benzene rings is 1. The van der Waals surface area contributed by atoms with Crippen LogP contribution in [0.25, 0.3) is 11.0 Å². The number of aromatic nitrogens is 2. The Morgan fingerprint density at radius 3 is 2.20 bits per heavy atom. The van der Waals surface area contributed by atoms with Crippen molar-refractivity contribution in [2.24, 2.45) is 11.8 Å². The van der Waals surface area contributed by atoms with E-state index in [1.165, 1.54) is 6.20 Å². The Balaban J connectivity index is 2.25. The van der Waals surface area contributed by atoms with Crippen molar-refractivity contribution in [3.63, 3.8) is 0 Å². The summed E-state index contributed by atoms with van der Waals surface area (Å²) >= 11 is 0. The fraction of sp³-hybridized carbons (Fsp3) is 0.438. The van der Waals surface area contributed by atoms with Gasteiger partial charge >= 0.3 is 12.4 Å². The van der Waals surface area contributed by atoms with Crippen LogP contribution in [-0.4, -0.2) is 53.6 Å². The molecule has 1 N–H and O–H groups in total. The summed E-state index contributed by atoms with van der Waals surface area (Å²) in [5.74, 6) is -7.63. The first-order valence-corrected chi connectivity index (χ1v) is 9.84. The quantitative estimate of drug-likeness (QED) is 0.561. The number of fused-ring (bicyclic) bond motifs is 1. The van der Waals surface area contributed by atoms with Crippen molar-refractivity contribution in [2.75, 3.05) is 17.2 Å². The minimum absolute atomic E-state index is 0.0212. The molecule has 2 aromatic rings. The molecule has 1 saturated heterocycles. The third-order valence-corrected chi connectivity index (χ3v) is 5.62. The third kappa shape index (κ3) is 4.12. The Labute approximate surface area is 165 Å². The first-order valence-electron chi connectivity index (χ1n) is 8.23. The smallest absolute Gasteiger partial charge is 0.364 e. The van der Waals surface area contributed by atoms with Gasteiger partial charge in [0.2, 0.25) is 0 Å². The lowest BCUT2D eigenvalue weighted by Gasteiger charge is -2.30. The molecule has 0 spiro atoms. The summed E-state index contributed by atoms with van der Waals surface area (Å²) in [6.45, 7) is -1.22. The Hall–Kier alpha value is -2.66. The molecule has 0 radical (unpaired) electrons. The maximum absolute atomic E-state index is 13.6. The van der Waals surface area contributed by atoms with Gasteiger partial charge in [-0.05, 0) is 12.1 Å². The molecular weight excluding hydrogens is 442 g/mol. The predicted molar refractivity (Wildman–Crippen MR) is 90.9 cm³/mol. The Kier molecular flexibility index (Phi) is 5.32. The van der Waals surface area contributed by atoms with E-state index in [2.05, 4.69) is 9.97 Å². The van der Waals surface area contributed by atoms with Gasteiger partial charge in [-0.1, -0.05) is 0 Å². The van der Waals surface area contributed by atoms with Crippen LogP contribution in [0.4, 0.5) is 32.0 Å². The van der Waals surface area contributed by atoms with Crippen LogP contribution in [-0.2, 0) is 10.1 Å². The summed E-state index contributed by atoms with van der Waals surface area (Å²) in [7, 11) is -5.07. The molecule has 3 atom stereocenters. The predicted octanol–water partition coefficient (Wildman–Crippen LogP) is 2.93. The average molecular weight is 454 g/mol. The summed E-state index contributed by atoms with van der Waals surface area (Å²) in [5, 5.41) is 9.15. The average Bonchev–Trinajstić information content (AvgIpc) is 2.98. The lowest BCUT2D eigenvalue weighted by molar-refractivity contribution is -0.244. The van der Waals surface area contributed by atoms with Gasteiger partial charge < -0.3 is 4.90 Å². The van der Waals surface area contributed by atoms with Gasteiger partial charge in [-0.2, -0.15) is 40.0 Å². The molecule has 1 aromatic carbocycles. The van der Waals surface area contributed by atoms with Gasteiger partial charge in [-0.15, -0.1) is 0 Å². The van der Waals surface area contributed by atoms with Gasteiger partial charge in [0.1, 0.15) is 17.1 Å². The Bertz CT molecular complexity index is 1110. The van der Waals surface area contributed by atoms with E-state index in [1.54, 1.807) is 6.07 Å². The largest absolute Gasteiger partial charge is 0.394 e. The number of hydrogen-bond donors (Lipinski definition) is 1. The molecule has 1 aliphatic heterocycles. The number of alkyl halides is 6. The molecule has 0 aliphatic carbocycles. The molecule has 0 amide bonds. The minimum Gasteiger partial charge on any atom is -0.364 e. The van der Waals surface area contributed by atoms with Crippen LogP contribution < -0.4 is 4.90 Å². The molecule has 0 saturated carbocycles. The number of nitriles is 1. The van der Waals surface area contributed by atoms with Crippen molar-refractivity contribution >= 4 is 26.8 Å². The van der Waals surface area contributed by atoms with Gasteiger partial charge in [0.15, 0.2) is 0 Å². The number of rotatable bonds is 3. The van der Waals surface area contributed by atoms with Crippen LogP contribution in [0, 0.1) is 23.2 Å². The molecule has 14 heteroatoms. The van der Waals surface area contributed by atoms with E-state index in [4.69, 9.17) is 9.81 Å². The lowest BCUT2D eigenvalue weighted by atomic mass is 9.90. The van der Waals surface area contributed by atoms with Crippen molar-refractivity contribution < 1.29 is 39.3 Å². The first kappa shape index (κ1) is 22.0. The molecule has 1 aliphatic rings. The fourth-order valence-corrected chi connectivity index (χ4v) is 4.55. The van der Waals surface area contributed by atoms with E-state index in [0.717, 1.165) is 18.3 Å². The van der Waals surface area contributed by atoms with Crippen molar-refractivity contribution in [2.45, 2.75) is 18.4 Å². The standard InChI is InChI=1S/C16H12F6N4O3S/c17-15(18,19)9-6-26(11(7-30(27,28)29)12(9)16(20,21)22)10-2-1-8(5-23)13-14(10)25-4-3-24-13/h1-4,9,11-12H,6-7H2,(H,27,28,29)/t9-,11?,12+/m0/s1. The molecule has 2 heterocycles. The normalized spacial score (nSPS) is 23.0. The summed E-state index contributed by atoms with van der Waals surface area (Å²) < 4.78 is 113. The molecule has 1 unspecified atom stereocenters. The Morgan fingerprint density at radius 1 is 1.10 bits per heavy atom. The van der Waals surface area contributed by atoms with E-state index >= 15 is 0 Å². The third-order valence-electron chi connectivity index (χ3n) is 4.86. The van der Waals surface area contributed by atoms with Crippen LogP contribution in [0.1, 0.15) is 5.56 Å². The monoisotopic (exact) mass is 454 g/mol. The van der Waals surface area contributed by atoms with E-state index in [-0.39, 0.29) is 22.3 Å². The van der Waals surface area contributed by atoms with Gasteiger partial charge in [0.05, 0.1) is 34.9 Å². The molecule has 1 fully saturated rings. The second kappa shape index (κ2) is 7.24. The zero-order chi connectivity index (χ0) is 22.5. The van der Waals surface area contributed by atoms with Gasteiger partial charge in [0.25, 0.3) is 10.1 Å². The molecule has 30 heavy (non-hydrogen) atoms. The van der Waals surface area contributed by atoms with Crippen LogP contribution in [0.5, 0.6) is 0 Å². The van der Waals surface area contributed by atoms with Gasteiger partial charge in [0, 0.05) is 18.9 Å². The van der Waals surface area contributed by atoms with Crippen LogP contribution in [0.15, 0.2) is 24.5 Å². The zero-order valence-electron chi connectivity index (χ0n) is 14.7. The summed E-state index contributed by atoms with van der Waals surface area (Å²) in [6.07, 6.45) is -8.38. The van der Waals surface area contributed by atoms with E-state index < -0.39 is 52.6 Å². The molecule has 7 nitrogen and oxygen atoms in total. The second-order valence-electron chi connectivity index (χ2n) is 6.68. The maximum Gasteiger partial charge on any atom is 0.394 e. The molecule has 3 rings (SSSR count). The zero-order valence-corrected chi connectivity index (χ0v) is 15.5. The number of halogens is 6. The van der Waals surface area contributed by atoms with Crippen molar-refractivity contribution in [3.05, 3.63) is 30.1 Å². The number of nitrogens with zero attached hydrogens (tertiary/aromatic N) is 4. The highest BCUT2D eigenvalue weighted by molar-refractivity contribution is 7.85. The first-order chi connectivity index (χ1) is 13.7. The molecular formula is C16H12F6N4O3S. The number of hydrogen-bond acceptors (Lipinski definition) is 6. The highest BCUT2D eigenvalue weighted by atomic mass is 32.2. The second-order valence-corrected chi connectivity index (χ2v) is 8.18. The van der Waals surface area contributed by atoms with Crippen molar-refractivity contribution in [3.8, 4) is 6.07 Å². The molecule has 162 valence electrons. The van der Waals surface area contributed by atoms with Crippen LogP contribution >= 0.6 is 0 Å². The fourth-order valence-electron chi connectivity index (χ4n) is 3.73. The minimum atomic E-state index is -5.40. The van der Waals surface area contributed by atoms with Crippen molar-refractivity contribution in [1.29, 1.82) is 5.26 Å². The number of anilines is 1. The summed E-state index contributed by atoms with van der Waals surface area (Å²) in [4.78, 5) is 8.42. The van der Waals surface area contributed by atoms with Gasteiger partial charge in [-0.25, -0.2) is 0 Å². The molecule has 1 aromatic heterocycles.